The minimum absolute atomic E-state index is 0.434. The summed E-state index contributed by atoms with van der Waals surface area (Å²) in [6, 6.07) is 5.42. The van der Waals surface area contributed by atoms with E-state index in [-0.39, 0.29) is 0 Å². The summed E-state index contributed by atoms with van der Waals surface area (Å²) in [5.41, 5.74) is 3.12. The maximum Gasteiger partial charge on any atom is 0.129 e. The third-order valence-electron chi connectivity index (χ3n) is 2.78. The number of aromatic nitrogens is 2. The molecule has 3 N–H and O–H groups in total. The molecule has 0 spiro atoms. The number of methoxy groups -OCH3 is 1. The summed E-state index contributed by atoms with van der Waals surface area (Å²) in [6.45, 7) is 1.47. The van der Waals surface area contributed by atoms with Crippen LogP contribution in [-0.4, -0.2) is 36.4 Å². The molecule has 0 aromatic carbocycles. The van der Waals surface area contributed by atoms with Crippen LogP contribution in [0, 0.1) is 5.41 Å². The summed E-state index contributed by atoms with van der Waals surface area (Å²) in [4.78, 5) is 8.56. The number of hydrogen-bond donors (Lipinski definition) is 2. The highest BCUT2D eigenvalue weighted by Gasteiger charge is 2.05. The fourth-order valence-corrected chi connectivity index (χ4v) is 1.92. The van der Waals surface area contributed by atoms with Crippen LogP contribution in [0.4, 0.5) is 0 Å². The largest absolute Gasteiger partial charge is 0.379 e. The van der Waals surface area contributed by atoms with Crippen molar-refractivity contribution in [3.63, 3.8) is 0 Å². The van der Waals surface area contributed by atoms with Gasteiger partial charge in [0.1, 0.15) is 17.9 Å². The lowest BCUT2D eigenvalue weighted by Crippen LogP contribution is -2.79. The molecule has 0 amide bonds. The Hall–Kier alpha value is -1.82. The number of halogens is 1. The van der Waals surface area contributed by atoms with Gasteiger partial charge in [-0.25, -0.2) is 4.98 Å². The Kier molecular flexibility index (Phi) is 5.17. The average Bonchev–Trinajstić information content (AvgIpc) is 2.46. The number of nitrogens with one attached hydrogen (secondary N) is 1. The van der Waals surface area contributed by atoms with Crippen molar-refractivity contribution in [2.24, 2.45) is 0 Å². The number of ether oxygens (including phenoxy) is 1. The van der Waals surface area contributed by atoms with E-state index in [0.29, 0.717) is 11.8 Å². The molecule has 0 saturated carbocycles. The molecule has 2 aromatic rings. The number of nitrogens with two attached hydrogens (primary N) is 1. The van der Waals surface area contributed by atoms with Gasteiger partial charge < -0.3 is 15.5 Å². The van der Waals surface area contributed by atoms with Gasteiger partial charge in [0, 0.05) is 25.1 Å². The zero-order valence-corrected chi connectivity index (χ0v) is 11.9. The summed E-state index contributed by atoms with van der Waals surface area (Å²) < 4.78 is 4.98. The van der Waals surface area contributed by atoms with E-state index in [4.69, 9.17) is 21.7 Å². The van der Waals surface area contributed by atoms with Crippen molar-refractivity contribution >= 4 is 34.4 Å². The summed E-state index contributed by atoms with van der Waals surface area (Å²) in [7, 11) is 1.66. The van der Waals surface area contributed by atoms with Gasteiger partial charge in [-0.05, 0) is 18.2 Å². The van der Waals surface area contributed by atoms with E-state index in [9.17, 15) is 0 Å². The number of quaternary nitrogens is 1. The fraction of sp³-hybridized carbons (Fsp3) is 0.214. The smallest absolute Gasteiger partial charge is 0.129 e. The number of nitrogens with zero attached hydrogens (tertiary/aromatic N) is 2. The van der Waals surface area contributed by atoms with E-state index in [1.165, 1.54) is 6.21 Å². The molecule has 2 heterocycles. The van der Waals surface area contributed by atoms with Crippen molar-refractivity contribution < 1.29 is 10.1 Å². The minimum atomic E-state index is 0.434. The van der Waals surface area contributed by atoms with Crippen molar-refractivity contribution in [2.45, 2.75) is 0 Å². The highest BCUT2D eigenvalue weighted by Crippen LogP contribution is 2.17. The van der Waals surface area contributed by atoms with E-state index in [1.54, 1.807) is 19.4 Å². The second-order valence-corrected chi connectivity index (χ2v) is 4.57. The van der Waals surface area contributed by atoms with Crippen LogP contribution in [0.5, 0.6) is 0 Å². The van der Waals surface area contributed by atoms with Crippen LogP contribution in [0.1, 0.15) is 5.56 Å². The van der Waals surface area contributed by atoms with Crippen LogP contribution in [0.15, 0.2) is 30.6 Å². The first-order chi connectivity index (χ1) is 9.74. The monoisotopic (exact) mass is 291 g/mol. The molecule has 2 aromatic heterocycles. The lowest BCUT2D eigenvalue weighted by molar-refractivity contribution is -0.588. The van der Waals surface area contributed by atoms with E-state index in [2.05, 4.69) is 9.97 Å². The highest BCUT2D eigenvalue weighted by molar-refractivity contribution is 6.29. The van der Waals surface area contributed by atoms with Gasteiger partial charge in [-0.3, -0.25) is 4.98 Å². The van der Waals surface area contributed by atoms with Gasteiger partial charge in [0.05, 0.1) is 23.2 Å². The number of pyridine rings is 2. The van der Waals surface area contributed by atoms with Crippen LogP contribution in [0.25, 0.3) is 16.6 Å². The number of allylic oxidation sites excluding steroid dienone is 1. The lowest BCUT2D eigenvalue weighted by Gasteiger charge is -2.03. The molecule has 104 valence electrons. The summed E-state index contributed by atoms with van der Waals surface area (Å²) >= 11 is 5.88. The van der Waals surface area contributed by atoms with Gasteiger partial charge in [-0.2, -0.15) is 0 Å². The van der Waals surface area contributed by atoms with Gasteiger partial charge in [0.2, 0.25) is 0 Å². The van der Waals surface area contributed by atoms with Gasteiger partial charge in [-0.15, -0.1) is 0 Å². The first-order valence-corrected chi connectivity index (χ1v) is 6.58. The molecule has 0 bridgehead atoms. The Morgan fingerprint density at radius 1 is 1.45 bits per heavy atom. The zero-order chi connectivity index (χ0) is 14.4. The molecule has 20 heavy (non-hydrogen) atoms. The molecule has 0 aliphatic rings. The van der Waals surface area contributed by atoms with E-state index < -0.39 is 0 Å². The topological polar surface area (TPSA) is 75.5 Å². The number of hydrogen-bond acceptors (Lipinski definition) is 4. The molecule has 0 saturated heterocycles. The molecule has 0 unspecified atom stereocenters. The zero-order valence-electron chi connectivity index (χ0n) is 11.1. The SMILES string of the molecule is COCC[NH2+]/C=C(\C=N)c1cnc2ccc(Cl)nc2c1. The normalized spacial score (nSPS) is 11.8. The molecule has 5 nitrogen and oxygen atoms in total. The van der Waals surface area contributed by atoms with Crippen LogP contribution < -0.4 is 5.32 Å². The van der Waals surface area contributed by atoms with Crippen molar-refractivity contribution in [1.82, 2.24) is 9.97 Å². The second kappa shape index (κ2) is 7.09. The second-order valence-electron chi connectivity index (χ2n) is 4.18. The van der Waals surface area contributed by atoms with Crippen molar-refractivity contribution in [1.29, 1.82) is 5.41 Å². The molecular weight excluding hydrogens is 276 g/mol. The molecule has 6 heteroatoms. The Morgan fingerprint density at radius 3 is 3.05 bits per heavy atom. The molecule has 0 atom stereocenters. The average molecular weight is 292 g/mol. The Labute approximate surface area is 122 Å². The highest BCUT2D eigenvalue weighted by atomic mass is 35.5. The minimum Gasteiger partial charge on any atom is -0.379 e. The van der Waals surface area contributed by atoms with Gasteiger partial charge in [0.25, 0.3) is 0 Å². The molecule has 0 radical (unpaired) electrons. The third kappa shape index (κ3) is 3.60. The van der Waals surface area contributed by atoms with Gasteiger partial charge >= 0.3 is 0 Å². The first kappa shape index (κ1) is 14.6. The van der Waals surface area contributed by atoms with Crippen molar-refractivity contribution in [3.05, 3.63) is 41.3 Å². The van der Waals surface area contributed by atoms with Gasteiger partial charge in [0.15, 0.2) is 0 Å². The Balaban J connectivity index is 2.27. The molecular formula is C14H16ClN4O+. The molecule has 0 aliphatic carbocycles. The van der Waals surface area contributed by atoms with Crippen LogP contribution in [0.3, 0.4) is 0 Å². The summed E-state index contributed by atoms with van der Waals surface area (Å²) in [5.74, 6) is 0. The van der Waals surface area contributed by atoms with Gasteiger partial charge in [-0.1, -0.05) is 11.6 Å². The van der Waals surface area contributed by atoms with Crippen LogP contribution >= 0.6 is 11.6 Å². The van der Waals surface area contributed by atoms with Crippen LogP contribution in [0.2, 0.25) is 5.15 Å². The van der Waals surface area contributed by atoms with E-state index in [1.807, 2.05) is 23.6 Å². The molecule has 2 rings (SSSR count). The Morgan fingerprint density at radius 2 is 2.30 bits per heavy atom. The quantitative estimate of drug-likeness (QED) is 0.481. The maximum atomic E-state index is 7.51. The third-order valence-corrected chi connectivity index (χ3v) is 2.99. The maximum absolute atomic E-state index is 7.51. The Bertz CT molecular complexity index is 642. The van der Waals surface area contributed by atoms with Crippen molar-refractivity contribution in [3.8, 4) is 0 Å². The standard InChI is InChI=1S/C14H15ClN4O/c1-20-5-4-17-8-11(7-16)10-6-13-12(18-9-10)2-3-14(15)19-13/h2-3,6-9,16-17H,4-5H2,1H3/p+1/b11-8+,16-7?. The predicted octanol–water partition coefficient (Wildman–Crippen LogP) is 1.48. The van der Waals surface area contributed by atoms with E-state index >= 15 is 0 Å². The number of rotatable bonds is 6. The van der Waals surface area contributed by atoms with Crippen molar-refractivity contribution in [2.75, 3.05) is 20.3 Å². The van der Waals surface area contributed by atoms with Crippen LogP contribution in [-0.2, 0) is 4.74 Å². The molecule has 0 fully saturated rings. The fourth-order valence-electron chi connectivity index (χ4n) is 1.76. The lowest BCUT2D eigenvalue weighted by atomic mass is 10.1. The summed E-state index contributed by atoms with van der Waals surface area (Å²) in [5, 5.41) is 9.91. The first-order valence-electron chi connectivity index (χ1n) is 6.20. The van der Waals surface area contributed by atoms with E-state index in [0.717, 1.165) is 28.7 Å². The molecule has 0 aliphatic heterocycles. The summed E-state index contributed by atoms with van der Waals surface area (Å²) in [6.07, 6.45) is 4.93. The predicted molar refractivity (Wildman–Crippen MR) is 80.0 cm³/mol. The number of fused-ring (bicyclic) bond motifs is 1.